The van der Waals surface area contributed by atoms with E-state index in [-0.39, 0.29) is 18.4 Å². The highest BCUT2D eigenvalue weighted by atomic mass is 32.1. The highest BCUT2D eigenvalue weighted by Crippen LogP contribution is 2.37. The van der Waals surface area contributed by atoms with Gasteiger partial charge in [0.05, 0.1) is 34.4 Å². The van der Waals surface area contributed by atoms with E-state index in [1.165, 1.54) is 5.56 Å². The van der Waals surface area contributed by atoms with E-state index in [2.05, 4.69) is 49.2 Å². The molecular weight excluding hydrogens is 691 g/mol. The Morgan fingerprint density at radius 2 is 1.89 bits per heavy atom. The summed E-state index contributed by atoms with van der Waals surface area (Å²) in [4.78, 5) is 52.9. The number of allylic oxidation sites excluding steroid dienone is 2. The zero-order chi connectivity index (χ0) is 36.6. The van der Waals surface area contributed by atoms with Crippen LogP contribution in [0.4, 0.5) is 0 Å². The first-order valence-corrected chi connectivity index (χ1v) is 18.3. The molecule has 6 heterocycles. The molecule has 1 N–H and O–H groups in total. The van der Waals surface area contributed by atoms with Crippen molar-refractivity contribution in [3.05, 3.63) is 122 Å². The van der Waals surface area contributed by atoms with Crippen LogP contribution in [-0.2, 0) is 40.5 Å². The van der Waals surface area contributed by atoms with Crippen molar-refractivity contribution in [2.24, 2.45) is 0 Å². The lowest BCUT2D eigenvalue weighted by molar-refractivity contribution is -0.136. The van der Waals surface area contributed by atoms with E-state index in [9.17, 15) is 19.2 Å². The molecule has 1 unspecified atom stereocenters. The number of ether oxygens (including phenoxy) is 1. The molecule has 1 atom stereocenters. The fourth-order valence-corrected chi connectivity index (χ4v) is 8.36. The second-order valence-corrected chi connectivity index (χ2v) is 14.3. The smallest absolute Gasteiger partial charge is 0.262 e. The topological polar surface area (TPSA) is 141 Å². The molecule has 12 nitrogen and oxygen atoms in total. The van der Waals surface area contributed by atoms with Crippen LogP contribution < -0.4 is 5.32 Å². The van der Waals surface area contributed by atoms with Crippen LogP contribution in [0, 0.1) is 18.8 Å². The van der Waals surface area contributed by atoms with Gasteiger partial charge >= 0.3 is 0 Å². The highest BCUT2D eigenvalue weighted by Gasteiger charge is 2.45. The molecule has 53 heavy (non-hydrogen) atoms. The van der Waals surface area contributed by atoms with Gasteiger partial charge in [0, 0.05) is 24.7 Å². The molecule has 3 aromatic heterocycles. The van der Waals surface area contributed by atoms with E-state index in [4.69, 9.17) is 4.74 Å². The van der Waals surface area contributed by atoms with Crippen molar-refractivity contribution < 1.29 is 23.9 Å². The number of amides is 4. The maximum atomic E-state index is 13.5. The Balaban J connectivity index is 0.958. The molecule has 266 valence electrons. The lowest BCUT2D eigenvalue weighted by Gasteiger charge is -2.27. The Hall–Kier alpha value is -5.97. The Morgan fingerprint density at radius 1 is 1.04 bits per heavy atom. The first-order chi connectivity index (χ1) is 25.8. The van der Waals surface area contributed by atoms with Gasteiger partial charge in [0.1, 0.15) is 23.5 Å². The predicted molar refractivity (Wildman–Crippen MR) is 196 cm³/mol. The molecule has 0 aliphatic carbocycles. The van der Waals surface area contributed by atoms with Gasteiger partial charge in [0.25, 0.3) is 11.8 Å². The SMILES string of the molecule is C/C(=C/CCCn1cc(C#Cc2sc3c(c2Cc2ccccc2)COCc2nnc(C)n2-3)cn1)c1cccc2c1C(=O)N(C1CCC(=O)NC1=O)C2=O. The predicted octanol–water partition coefficient (Wildman–Crippen LogP) is 5.14. The van der Waals surface area contributed by atoms with E-state index in [0.29, 0.717) is 37.3 Å². The van der Waals surface area contributed by atoms with Crippen LogP contribution in [0.15, 0.2) is 67.0 Å². The summed E-state index contributed by atoms with van der Waals surface area (Å²) in [5, 5.41) is 16.5. The van der Waals surface area contributed by atoms with Gasteiger partial charge in [0.2, 0.25) is 11.8 Å². The molecule has 3 aliphatic rings. The van der Waals surface area contributed by atoms with Gasteiger partial charge in [-0.2, -0.15) is 5.10 Å². The Morgan fingerprint density at radius 3 is 2.72 bits per heavy atom. The Bertz CT molecular complexity index is 2390. The Kier molecular flexibility index (Phi) is 9.16. The lowest BCUT2D eigenvalue weighted by atomic mass is 9.96. The van der Waals surface area contributed by atoms with Crippen LogP contribution in [0.1, 0.15) is 97.7 Å². The molecule has 0 radical (unpaired) electrons. The van der Waals surface area contributed by atoms with Crippen molar-refractivity contribution in [3.63, 3.8) is 0 Å². The number of thiophene rings is 1. The Labute approximate surface area is 309 Å². The number of nitrogens with zero attached hydrogens (tertiary/aromatic N) is 6. The monoisotopic (exact) mass is 725 g/mol. The summed E-state index contributed by atoms with van der Waals surface area (Å²) in [5.41, 5.74) is 6.37. The molecule has 3 aliphatic heterocycles. The number of unbranched alkanes of at least 4 members (excludes halogenated alkanes) is 1. The molecule has 1 saturated heterocycles. The van der Waals surface area contributed by atoms with Crippen molar-refractivity contribution in [3.8, 4) is 16.8 Å². The maximum Gasteiger partial charge on any atom is 0.262 e. The fourth-order valence-electron chi connectivity index (χ4n) is 7.12. The highest BCUT2D eigenvalue weighted by molar-refractivity contribution is 7.15. The van der Waals surface area contributed by atoms with Crippen molar-refractivity contribution in [1.29, 1.82) is 0 Å². The number of carbonyl (C=O) groups is 4. The number of nitrogens with one attached hydrogen (secondary N) is 1. The molecule has 13 heteroatoms. The molecule has 5 aromatic rings. The van der Waals surface area contributed by atoms with Gasteiger partial charge in [-0.25, -0.2) is 0 Å². The largest absolute Gasteiger partial charge is 0.369 e. The minimum Gasteiger partial charge on any atom is -0.369 e. The first-order valence-electron chi connectivity index (χ1n) is 17.5. The molecule has 2 aromatic carbocycles. The second kappa shape index (κ2) is 14.2. The molecule has 0 saturated carbocycles. The van der Waals surface area contributed by atoms with Crippen LogP contribution in [0.25, 0.3) is 10.6 Å². The normalized spacial score (nSPS) is 16.8. The van der Waals surface area contributed by atoms with E-state index < -0.39 is 29.7 Å². The number of hydrogen-bond acceptors (Lipinski definition) is 9. The van der Waals surface area contributed by atoms with E-state index in [0.717, 1.165) is 61.5 Å². The third-order valence-electron chi connectivity index (χ3n) is 9.78. The molecule has 0 spiro atoms. The van der Waals surface area contributed by atoms with Crippen LogP contribution >= 0.6 is 11.3 Å². The number of hydrogen-bond donors (Lipinski definition) is 1. The second-order valence-electron chi connectivity index (χ2n) is 13.3. The summed E-state index contributed by atoms with van der Waals surface area (Å²) in [6.45, 7) is 5.42. The zero-order valence-corrected chi connectivity index (χ0v) is 30.0. The zero-order valence-electron chi connectivity index (χ0n) is 29.2. The van der Waals surface area contributed by atoms with E-state index in [1.807, 2.05) is 55.1 Å². The van der Waals surface area contributed by atoms with Crippen LogP contribution in [-0.4, -0.2) is 59.1 Å². The van der Waals surface area contributed by atoms with Crippen molar-refractivity contribution in [2.75, 3.05) is 0 Å². The molecule has 4 amide bonds. The summed E-state index contributed by atoms with van der Waals surface area (Å²) >= 11 is 1.64. The van der Waals surface area contributed by atoms with E-state index in [1.54, 1.807) is 29.7 Å². The number of piperidine rings is 1. The fraction of sp³-hybridized carbons (Fsp3) is 0.275. The van der Waals surface area contributed by atoms with Crippen LogP contribution in [0.3, 0.4) is 0 Å². The lowest BCUT2D eigenvalue weighted by Crippen LogP contribution is -2.54. The number of aromatic nitrogens is 5. The van der Waals surface area contributed by atoms with Gasteiger partial charge in [-0.1, -0.05) is 60.4 Å². The summed E-state index contributed by atoms with van der Waals surface area (Å²) < 4.78 is 9.99. The number of imide groups is 2. The van der Waals surface area contributed by atoms with Crippen LogP contribution in [0.2, 0.25) is 0 Å². The van der Waals surface area contributed by atoms with Crippen LogP contribution in [0.5, 0.6) is 0 Å². The summed E-state index contributed by atoms with van der Waals surface area (Å²) in [7, 11) is 0. The van der Waals surface area contributed by atoms with Gasteiger partial charge < -0.3 is 4.74 Å². The molecular formula is C40H35N7O5S. The summed E-state index contributed by atoms with van der Waals surface area (Å²) in [6.07, 6.45) is 8.20. The number of fused-ring (bicyclic) bond motifs is 4. The van der Waals surface area contributed by atoms with Crippen molar-refractivity contribution >= 4 is 40.5 Å². The summed E-state index contributed by atoms with van der Waals surface area (Å²) in [6, 6.07) is 14.5. The van der Waals surface area contributed by atoms with E-state index >= 15 is 0 Å². The van der Waals surface area contributed by atoms with Crippen molar-refractivity contribution in [2.45, 2.75) is 71.8 Å². The van der Waals surface area contributed by atoms with Gasteiger partial charge in [0.15, 0.2) is 5.82 Å². The minimum atomic E-state index is -1.00. The number of benzene rings is 2. The molecule has 8 rings (SSSR count). The van der Waals surface area contributed by atoms with Gasteiger partial charge in [-0.3, -0.25) is 38.6 Å². The van der Waals surface area contributed by atoms with Crippen molar-refractivity contribution in [1.82, 2.24) is 34.8 Å². The maximum absolute atomic E-state index is 13.5. The average Bonchev–Trinajstić information content (AvgIpc) is 3.88. The first kappa shape index (κ1) is 34.1. The number of carbonyl (C=O) groups excluding carboxylic acids is 4. The van der Waals surface area contributed by atoms with Gasteiger partial charge in [-0.05, 0) is 67.9 Å². The average molecular weight is 726 g/mol. The molecule has 0 bridgehead atoms. The summed E-state index contributed by atoms with van der Waals surface area (Å²) in [5.74, 6) is 6.34. The molecule has 1 fully saturated rings. The van der Waals surface area contributed by atoms with Gasteiger partial charge in [-0.15, -0.1) is 21.5 Å². The number of rotatable bonds is 8. The third kappa shape index (κ3) is 6.52. The third-order valence-corrected chi connectivity index (χ3v) is 11.0. The number of aryl methyl sites for hydroxylation is 2. The quantitative estimate of drug-likeness (QED) is 0.132. The minimum absolute atomic E-state index is 0.0766. The standard InChI is InChI=1S/C40H35N7O5S/c1-24(28-12-8-13-29-36(28)39(51)47(38(29)50)32-15-17-35(48)42-37(32)49)9-6-7-18-45-21-27(20-41-45)14-16-33-30(19-26-10-4-3-5-11-26)31-22-52-23-34-44-43-25(2)46(34)40(31)53-33/h3-5,8-13,20-21,32H,6-7,15,17-19,22-23H2,1-2H3,(H,42,48,49)/b24-9-.